The van der Waals surface area contributed by atoms with Crippen molar-refractivity contribution in [2.75, 3.05) is 18.5 Å². The Balaban J connectivity index is 1.80. The lowest BCUT2D eigenvalue weighted by atomic mass is 10.1. The predicted octanol–water partition coefficient (Wildman–Crippen LogP) is 3.75. The van der Waals surface area contributed by atoms with Crippen molar-refractivity contribution < 1.29 is 9.84 Å². The van der Waals surface area contributed by atoms with E-state index in [1.807, 2.05) is 25.1 Å². The van der Waals surface area contributed by atoms with E-state index in [2.05, 4.69) is 34.3 Å². The standard InChI is InChI=1S/C20H24ClN5O2S/c1-11(2)24-18-5-4-13(8-23-18)19-25-26-20(29-19)15-6-12(3)17(7-16(15)21)28-10-14(22)9-27/h4-8,11,14,27H,9-10,22H2,1-3H3,(H,23,24). The number of aryl methyl sites for hydroxylation is 1. The maximum atomic E-state index is 9.03. The molecule has 1 unspecified atom stereocenters. The lowest BCUT2D eigenvalue weighted by molar-refractivity contribution is 0.206. The average Bonchev–Trinajstić information content (AvgIpc) is 3.18. The lowest BCUT2D eigenvalue weighted by Crippen LogP contribution is -2.31. The summed E-state index contributed by atoms with van der Waals surface area (Å²) in [6.45, 7) is 6.13. The highest BCUT2D eigenvalue weighted by atomic mass is 35.5. The van der Waals surface area contributed by atoms with E-state index in [1.54, 1.807) is 12.3 Å². The van der Waals surface area contributed by atoms with Gasteiger partial charge in [0.15, 0.2) is 0 Å². The molecule has 29 heavy (non-hydrogen) atoms. The molecule has 0 radical (unpaired) electrons. The van der Waals surface area contributed by atoms with Crippen molar-refractivity contribution in [3.63, 3.8) is 0 Å². The van der Waals surface area contributed by atoms with Gasteiger partial charge in [-0.25, -0.2) is 4.98 Å². The molecule has 0 aliphatic carbocycles. The molecule has 0 bridgehead atoms. The Bertz CT molecular complexity index is 962. The summed E-state index contributed by atoms with van der Waals surface area (Å²) in [5.74, 6) is 1.45. The average molecular weight is 434 g/mol. The molecule has 154 valence electrons. The van der Waals surface area contributed by atoms with Gasteiger partial charge in [-0.2, -0.15) is 0 Å². The smallest absolute Gasteiger partial charge is 0.149 e. The first-order valence-corrected chi connectivity index (χ1v) is 10.4. The van der Waals surface area contributed by atoms with Gasteiger partial charge in [0.05, 0.1) is 17.7 Å². The maximum absolute atomic E-state index is 9.03. The molecule has 3 aromatic rings. The third-order valence-corrected chi connectivity index (χ3v) is 5.37. The molecule has 0 spiro atoms. The summed E-state index contributed by atoms with van der Waals surface area (Å²) < 4.78 is 5.66. The van der Waals surface area contributed by atoms with Crippen LogP contribution < -0.4 is 15.8 Å². The van der Waals surface area contributed by atoms with E-state index in [1.165, 1.54) is 11.3 Å². The Kier molecular flexibility index (Phi) is 7.02. The van der Waals surface area contributed by atoms with Gasteiger partial charge in [0.1, 0.15) is 28.2 Å². The molecule has 0 amide bonds. The van der Waals surface area contributed by atoms with Crippen LogP contribution in [0.15, 0.2) is 30.5 Å². The summed E-state index contributed by atoms with van der Waals surface area (Å²) in [6.07, 6.45) is 1.78. The number of anilines is 1. The van der Waals surface area contributed by atoms with Crippen molar-refractivity contribution in [1.82, 2.24) is 15.2 Å². The second-order valence-electron chi connectivity index (χ2n) is 6.99. The number of hydrogen-bond donors (Lipinski definition) is 3. The Morgan fingerprint density at radius 2 is 2.00 bits per heavy atom. The first-order chi connectivity index (χ1) is 13.9. The maximum Gasteiger partial charge on any atom is 0.149 e. The summed E-state index contributed by atoms with van der Waals surface area (Å²) in [5, 5.41) is 22.9. The van der Waals surface area contributed by atoms with Crippen LogP contribution in [0.4, 0.5) is 5.82 Å². The zero-order valence-corrected chi connectivity index (χ0v) is 18.1. The number of aliphatic hydroxyl groups is 1. The van der Waals surface area contributed by atoms with Crippen molar-refractivity contribution in [2.45, 2.75) is 32.9 Å². The van der Waals surface area contributed by atoms with Crippen LogP contribution in [0.5, 0.6) is 5.75 Å². The molecule has 0 saturated heterocycles. The Labute approximate surface area is 178 Å². The molecule has 4 N–H and O–H groups in total. The molecule has 0 saturated carbocycles. The number of aromatic nitrogens is 3. The number of nitrogens with two attached hydrogens (primary N) is 1. The largest absolute Gasteiger partial charge is 0.492 e. The molecule has 1 aromatic carbocycles. The topological polar surface area (TPSA) is 106 Å². The molecule has 0 aliphatic heterocycles. The minimum atomic E-state index is -0.436. The molecule has 2 heterocycles. The van der Waals surface area contributed by atoms with Crippen LogP contribution in [0.3, 0.4) is 0 Å². The molecule has 9 heteroatoms. The highest BCUT2D eigenvalue weighted by Gasteiger charge is 2.15. The number of pyridine rings is 1. The lowest BCUT2D eigenvalue weighted by Gasteiger charge is -2.14. The molecule has 7 nitrogen and oxygen atoms in total. The molecule has 2 aromatic heterocycles. The quantitative estimate of drug-likeness (QED) is 0.496. The van der Waals surface area contributed by atoms with Crippen LogP contribution >= 0.6 is 22.9 Å². The second kappa shape index (κ2) is 9.49. The fraction of sp³-hybridized carbons (Fsp3) is 0.350. The van der Waals surface area contributed by atoms with E-state index in [0.29, 0.717) is 16.8 Å². The van der Waals surface area contributed by atoms with Gasteiger partial charge >= 0.3 is 0 Å². The summed E-state index contributed by atoms with van der Waals surface area (Å²) >= 11 is 7.92. The fourth-order valence-electron chi connectivity index (χ4n) is 2.58. The minimum Gasteiger partial charge on any atom is -0.492 e. The minimum absolute atomic E-state index is 0.137. The van der Waals surface area contributed by atoms with E-state index in [0.717, 1.165) is 32.5 Å². The van der Waals surface area contributed by atoms with Gasteiger partial charge in [-0.15, -0.1) is 10.2 Å². The molecular formula is C20H24ClN5O2S. The van der Waals surface area contributed by atoms with E-state index in [-0.39, 0.29) is 13.2 Å². The summed E-state index contributed by atoms with van der Waals surface area (Å²) in [4.78, 5) is 4.42. The molecule has 3 rings (SSSR count). The monoisotopic (exact) mass is 433 g/mol. The van der Waals surface area contributed by atoms with Crippen molar-refractivity contribution in [3.05, 3.63) is 41.0 Å². The molecule has 0 aliphatic rings. The van der Waals surface area contributed by atoms with E-state index >= 15 is 0 Å². The number of aliphatic hydroxyl groups excluding tert-OH is 1. The van der Waals surface area contributed by atoms with Crippen molar-refractivity contribution in [1.29, 1.82) is 0 Å². The number of hydrogen-bond acceptors (Lipinski definition) is 8. The van der Waals surface area contributed by atoms with Crippen LogP contribution in [0.1, 0.15) is 19.4 Å². The van der Waals surface area contributed by atoms with Crippen LogP contribution in [0.25, 0.3) is 21.1 Å². The summed E-state index contributed by atoms with van der Waals surface area (Å²) in [7, 11) is 0. The number of nitrogens with zero attached hydrogens (tertiary/aromatic N) is 3. The van der Waals surface area contributed by atoms with Crippen molar-refractivity contribution in [2.24, 2.45) is 5.73 Å². The zero-order valence-electron chi connectivity index (χ0n) is 16.5. The zero-order chi connectivity index (χ0) is 21.0. The number of ether oxygens (including phenoxy) is 1. The normalized spacial score (nSPS) is 12.2. The van der Waals surface area contributed by atoms with Crippen LogP contribution in [0.2, 0.25) is 5.02 Å². The van der Waals surface area contributed by atoms with E-state index < -0.39 is 6.04 Å². The van der Waals surface area contributed by atoms with Gasteiger partial charge in [0.2, 0.25) is 0 Å². The van der Waals surface area contributed by atoms with Gasteiger partial charge in [0.25, 0.3) is 0 Å². The third kappa shape index (κ3) is 5.42. The molecule has 1 atom stereocenters. The van der Waals surface area contributed by atoms with Gasteiger partial charge in [0, 0.05) is 23.4 Å². The first kappa shape index (κ1) is 21.4. The number of benzene rings is 1. The van der Waals surface area contributed by atoms with Gasteiger partial charge in [-0.05, 0) is 50.6 Å². The van der Waals surface area contributed by atoms with Gasteiger partial charge < -0.3 is 20.9 Å². The number of rotatable bonds is 8. The highest BCUT2D eigenvalue weighted by Crippen LogP contribution is 2.37. The number of nitrogens with one attached hydrogen (secondary N) is 1. The summed E-state index contributed by atoms with van der Waals surface area (Å²) in [6, 6.07) is 7.44. The van der Waals surface area contributed by atoms with E-state index in [9.17, 15) is 0 Å². The van der Waals surface area contributed by atoms with Crippen molar-refractivity contribution in [3.8, 4) is 26.9 Å². The van der Waals surface area contributed by atoms with Gasteiger partial charge in [-0.3, -0.25) is 0 Å². The van der Waals surface area contributed by atoms with Gasteiger partial charge in [-0.1, -0.05) is 22.9 Å². The van der Waals surface area contributed by atoms with Crippen molar-refractivity contribution >= 4 is 28.8 Å². The first-order valence-electron chi connectivity index (χ1n) is 9.23. The number of halogens is 1. The SMILES string of the molecule is Cc1cc(-c2nnc(-c3ccc(NC(C)C)nc3)s2)c(Cl)cc1OCC(N)CO. The Hall–Kier alpha value is -2.26. The fourth-order valence-corrected chi connectivity index (χ4v) is 3.75. The van der Waals surface area contributed by atoms with Crippen LogP contribution in [-0.2, 0) is 0 Å². The van der Waals surface area contributed by atoms with Crippen LogP contribution in [0, 0.1) is 6.92 Å². The highest BCUT2D eigenvalue weighted by molar-refractivity contribution is 7.18. The van der Waals surface area contributed by atoms with Crippen LogP contribution in [-0.4, -0.2) is 45.6 Å². The molecular weight excluding hydrogens is 410 g/mol. The Morgan fingerprint density at radius 3 is 2.66 bits per heavy atom. The summed E-state index contributed by atoms with van der Waals surface area (Å²) in [5.41, 5.74) is 8.27. The third-order valence-electron chi connectivity index (χ3n) is 4.05. The van der Waals surface area contributed by atoms with E-state index in [4.69, 9.17) is 27.2 Å². The predicted molar refractivity (Wildman–Crippen MR) is 118 cm³/mol. The molecule has 0 fully saturated rings. The second-order valence-corrected chi connectivity index (χ2v) is 8.38. The Morgan fingerprint density at radius 1 is 1.24 bits per heavy atom.